The van der Waals surface area contributed by atoms with Gasteiger partial charge in [-0.1, -0.05) is 0 Å². The van der Waals surface area contributed by atoms with Crippen LogP contribution in [0.4, 0.5) is 0 Å². The highest BCUT2D eigenvalue weighted by Gasteiger charge is 2.56. The molecule has 0 aromatic heterocycles. The first kappa shape index (κ1) is 9.45. The van der Waals surface area contributed by atoms with Crippen molar-refractivity contribution in [2.45, 2.75) is 19.4 Å². The Bertz CT molecular complexity index is 291. The summed E-state index contributed by atoms with van der Waals surface area (Å²) < 4.78 is 5.35. The minimum absolute atomic E-state index is 0.0800. The first-order valence-corrected chi connectivity index (χ1v) is 4.67. The molecule has 2 rings (SSSR count). The summed E-state index contributed by atoms with van der Waals surface area (Å²) in [4.78, 5) is 23.8. The highest BCUT2D eigenvalue weighted by molar-refractivity contribution is 5.80. The number of ether oxygens (including phenoxy) is 1. The normalized spacial score (nSPS) is 35.8. The van der Waals surface area contributed by atoms with E-state index in [9.17, 15) is 9.59 Å². The number of aliphatic carboxylic acids is 1. The van der Waals surface area contributed by atoms with Gasteiger partial charge in [-0.05, 0) is 6.42 Å². The maximum Gasteiger partial charge on any atom is 0.314 e. The zero-order chi connectivity index (χ0) is 10.3. The predicted octanol–water partition coefficient (Wildman–Crippen LogP) is -0.292. The van der Waals surface area contributed by atoms with Gasteiger partial charge in [0.15, 0.2) is 0 Å². The van der Waals surface area contributed by atoms with Crippen molar-refractivity contribution in [2.24, 2.45) is 5.41 Å². The van der Waals surface area contributed by atoms with Crippen molar-refractivity contribution >= 4 is 11.9 Å². The number of rotatable bonds is 1. The van der Waals surface area contributed by atoms with Crippen molar-refractivity contribution in [3.05, 3.63) is 0 Å². The van der Waals surface area contributed by atoms with Crippen LogP contribution in [-0.2, 0) is 14.3 Å². The second kappa shape index (κ2) is 2.95. The van der Waals surface area contributed by atoms with Gasteiger partial charge in [0.2, 0.25) is 5.91 Å². The predicted molar refractivity (Wildman–Crippen MR) is 46.7 cm³/mol. The Morgan fingerprint density at radius 2 is 2.29 bits per heavy atom. The Kier molecular flexibility index (Phi) is 1.99. The molecule has 0 aromatic rings. The SMILES string of the molecule is CC(=O)N1CC2OCCC2(C(=O)O)C1. The Morgan fingerprint density at radius 3 is 2.79 bits per heavy atom. The number of hydrogen-bond donors (Lipinski definition) is 1. The zero-order valence-corrected chi connectivity index (χ0v) is 8.02. The summed E-state index contributed by atoms with van der Waals surface area (Å²) in [5.41, 5.74) is -0.842. The monoisotopic (exact) mass is 199 g/mol. The van der Waals surface area contributed by atoms with E-state index < -0.39 is 11.4 Å². The van der Waals surface area contributed by atoms with Crippen molar-refractivity contribution < 1.29 is 19.4 Å². The number of carbonyl (C=O) groups excluding carboxylic acids is 1. The third-order valence-corrected chi connectivity index (χ3v) is 3.21. The smallest absolute Gasteiger partial charge is 0.314 e. The number of carboxylic acid groups (broad SMARTS) is 1. The molecule has 5 heteroatoms. The first-order chi connectivity index (χ1) is 6.56. The van der Waals surface area contributed by atoms with Gasteiger partial charge in [-0.25, -0.2) is 0 Å². The number of nitrogens with zero attached hydrogens (tertiary/aromatic N) is 1. The molecule has 0 spiro atoms. The van der Waals surface area contributed by atoms with Gasteiger partial charge in [0.1, 0.15) is 5.41 Å². The van der Waals surface area contributed by atoms with Crippen molar-refractivity contribution in [3.63, 3.8) is 0 Å². The summed E-state index contributed by atoms with van der Waals surface area (Å²) in [7, 11) is 0. The second-order valence-electron chi connectivity index (χ2n) is 3.97. The quantitative estimate of drug-likeness (QED) is 0.630. The van der Waals surface area contributed by atoms with E-state index in [1.165, 1.54) is 6.92 Å². The number of carboxylic acids is 1. The molecule has 0 bridgehead atoms. The fraction of sp³-hybridized carbons (Fsp3) is 0.778. The molecule has 2 atom stereocenters. The molecule has 1 N–H and O–H groups in total. The zero-order valence-electron chi connectivity index (χ0n) is 8.02. The summed E-state index contributed by atoms with van der Waals surface area (Å²) in [5.74, 6) is -0.924. The van der Waals surface area contributed by atoms with E-state index in [0.29, 0.717) is 26.1 Å². The first-order valence-electron chi connectivity index (χ1n) is 4.67. The average Bonchev–Trinajstić information content (AvgIpc) is 2.57. The van der Waals surface area contributed by atoms with E-state index in [2.05, 4.69) is 0 Å². The minimum Gasteiger partial charge on any atom is -0.481 e. The molecule has 14 heavy (non-hydrogen) atoms. The largest absolute Gasteiger partial charge is 0.481 e. The molecule has 1 amide bonds. The molecule has 0 aliphatic carbocycles. The minimum atomic E-state index is -0.844. The molecule has 0 radical (unpaired) electrons. The van der Waals surface area contributed by atoms with Crippen LogP contribution in [0.2, 0.25) is 0 Å². The Balaban J connectivity index is 2.23. The van der Waals surface area contributed by atoms with Gasteiger partial charge in [0, 0.05) is 26.6 Å². The van der Waals surface area contributed by atoms with E-state index in [1.807, 2.05) is 0 Å². The standard InChI is InChI=1S/C9H13NO4/c1-6(11)10-4-7-9(5-10,8(12)13)2-3-14-7/h7H,2-5H2,1H3,(H,12,13). The molecular weight excluding hydrogens is 186 g/mol. The summed E-state index contributed by atoms with van der Waals surface area (Å²) in [5, 5.41) is 9.16. The van der Waals surface area contributed by atoms with Crippen LogP contribution in [0.15, 0.2) is 0 Å². The Morgan fingerprint density at radius 1 is 1.57 bits per heavy atom. The average molecular weight is 199 g/mol. The molecule has 78 valence electrons. The van der Waals surface area contributed by atoms with Crippen LogP contribution in [0, 0.1) is 5.41 Å². The molecule has 0 saturated carbocycles. The lowest BCUT2D eigenvalue weighted by Gasteiger charge is -2.20. The summed E-state index contributed by atoms with van der Waals surface area (Å²) >= 11 is 0. The molecule has 5 nitrogen and oxygen atoms in total. The van der Waals surface area contributed by atoms with Crippen molar-refractivity contribution in [1.82, 2.24) is 4.90 Å². The number of carbonyl (C=O) groups is 2. The van der Waals surface area contributed by atoms with E-state index in [0.717, 1.165) is 0 Å². The number of amides is 1. The van der Waals surface area contributed by atoms with Gasteiger partial charge in [-0.15, -0.1) is 0 Å². The highest BCUT2D eigenvalue weighted by atomic mass is 16.5. The lowest BCUT2D eigenvalue weighted by atomic mass is 9.84. The lowest BCUT2D eigenvalue weighted by molar-refractivity contribution is -0.150. The van der Waals surface area contributed by atoms with Crippen LogP contribution >= 0.6 is 0 Å². The van der Waals surface area contributed by atoms with Crippen LogP contribution in [0.5, 0.6) is 0 Å². The van der Waals surface area contributed by atoms with Gasteiger partial charge in [-0.2, -0.15) is 0 Å². The van der Waals surface area contributed by atoms with Crippen LogP contribution in [0.1, 0.15) is 13.3 Å². The maximum atomic E-state index is 11.2. The second-order valence-corrected chi connectivity index (χ2v) is 3.97. The van der Waals surface area contributed by atoms with Crippen molar-refractivity contribution in [1.29, 1.82) is 0 Å². The molecule has 2 heterocycles. The van der Waals surface area contributed by atoms with Gasteiger partial charge >= 0.3 is 5.97 Å². The van der Waals surface area contributed by atoms with Crippen molar-refractivity contribution in [2.75, 3.05) is 19.7 Å². The van der Waals surface area contributed by atoms with E-state index in [-0.39, 0.29) is 12.0 Å². The van der Waals surface area contributed by atoms with Gasteiger partial charge in [0.05, 0.1) is 6.10 Å². The molecule has 2 aliphatic rings. The lowest BCUT2D eigenvalue weighted by Crippen LogP contribution is -2.38. The summed E-state index contributed by atoms with van der Waals surface area (Å²) in [6.07, 6.45) is 0.195. The number of fused-ring (bicyclic) bond motifs is 1. The fourth-order valence-electron chi connectivity index (χ4n) is 2.27. The molecule has 2 unspecified atom stereocenters. The maximum absolute atomic E-state index is 11.2. The van der Waals surface area contributed by atoms with E-state index >= 15 is 0 Å². The molecule has 2 aliphatic heterocycles. The number of hydrogen-bond acceptors (Lipinski definition) is 3. The van der Waals surface area contributed by atoms with Crippen LogP contribution in [0.3, 0.4) is 0 Å². The van der Waals surface area contributed by atoms with E-state index in [1.54, 1.807) is 4.90 Å². The number of likely N-dealkylation sites (tertiary alicyclic amines) is 1. The molecule has 2 fully saturated rings. The van der Waals surface area contributed by atoms with Crippen molar-refractivity contribution in [3.8, 4) is 0 Å². The Hall–Kier alpha value is -1.10. The van der Waals surface area contributed by atoms with Gasteiger partial charge in [-0.3, -0.25) is 9.59 Å². The summed E-state index contributed by atoms with van der Waals surface area (Å²) in [6, 6.07) is 0. The molecular formula is C9H13NO4. The van der Waals surface area contributed by atoms with E-state index in [4.69, 9.17) is 9.84 Å². The van der Waals surface area contributed by atoms with Gasteiger partial charge < -0.3 is 14.7 Å². The third kappa shape index (κ3) is 1.12. The third-order valence-electron chi connectivity index (χ3n) is 3.21. The Labute approximate surface area is 81.6 Å². The highest BCUT2D eigenvalue weighted by Crippen LogP contribution is 2.41. The topological polar surface area (TPSA) is 66.8 Å². The van der Waals surface area contributed by atoms with Gasteiger partial charge in [0.25, 0.3) is 0 Å². The molecule has 0 aromatic carbocycles. The van der Waals surface area contributed by atoms with Crippen LogP contribution in [0.25, 0.3) is 0 Å². The fourth-order valence-corrected chi connectivity index (χ4v) is 2.27. The van der Waals surface area contributed by atoms with Crippen LogP contribution < -0.4 is 0 Å². The van der Waals surface area contributed by atoms with Crippen LogP contribution in [-0.4, -0.2) is 47.7 Å². The molecule has 2 saturated heterocycles. The summed E-state index contributed by atoms with van der Waals surface area (Å²) in [6.45, 7) is 2.66.